The van der Waals surface area contributed by atoms with Crippen LogP contribution in [0.1, 0.15) is 56.2 Å². The number of hydrogen-bond donors (Lipinski definition) is 0. The van der Waals surface area contributed by atoms with Gasteiger partial charge in [-0.15, -0.1) is 9.36 Å². The van der Waals surface area contributed by atoms with E-state index in [9.17, 15) is 0 Å². The summed E-state index contributed by atoms with van der Waals surface area (Å²) >= 11 is 0. The minimum Gasteiger partial charge on any atom is -0.298 e. The topological polar surface area (TPSA) is 13.7 Å². The minimum atomic E-state index is 0.412. The summed E-state index contributed by atoms with van der Waals surface area (Å²) in [6, 6.07) is 19.8. The molecule has 0 bridgehead atoms. The molecule has 0 saturated heterocycles. The van der Waals surface area contributed by atoms with E-state index in [0.29, 0.717) is 11.8 Å². The monoisotopic (exact) mass is 398 g/mol. The average molecular weight is 399 g/mol. The molecule has 30 heavy (non-hydrogen) atoms. The normalized spacial score (nSPS) is 11.6. The smallest absolute Gasteiger partial charge is 0.195 e. The summed E-state index contributed by atoms with van der Waals surface area (Å²) in [6.45, 7) is 11.4. The van der Waals surface area contributed by atoms with Crippen molar-refractivity contribution < 1.29 is 4.68 Å². The molecule has 0 spiro atoms. The van der Waals surface area contributed by atoms with Gasteiger partial charge in [-0.25, -0.2) is 0 Å². The summed E-state index contributed by atoms with van der Waals surface area (Å²) in [5.74, 6) is 2.02. The van der Waals surface area contributed by atoms with Crippen LogP contribution >= 0.6 is 0 Å². The molecule has 0 aliphatic carbocycles. The maximum absolute atomic E-state index is 2.38. The van der Waals surface area contributed by atoms with E-state index in [0.717, 1.165) is 0 Å². The fourth-order valence-corrected chi connectivity index (χ4v) is 4.27. The Hall–Kier alpha value is -3.07. The van der Waals surface area contributed by atoms with Crippen molar-refractivity contribution in [2.75, 3.05) is 0 Å². The zero-order valence-electron chi connectivity index (χ0n) is 18.9. The van der Waals surface area contributed by atoms with Crippen molar-refractivity contribution >= 4 is 0 Å². The summed E-state index contributed by atoms with van der Waals surface area (Å²) < 4.78 is 6.73. The lowest BCUT2D eigenvalue weighted by atomic mass is 9.88. The van der Waals surface area contributed by atoms with Crippen LogP contribution in [0.15, 0.2) is 73.2 Å². The summed E-state index contributed by atoms with van der Waals surface area (Å²) in [6.07, 6.45) is 6.43. The Kier molecular flexibility index (Phi) is 5.38. The number of rotatable bonds is 5. The molecular weight excluding hydrogens is 366 g/mol. The molecule has 4 aromatic rings. The van der Waals surface area contributed by atoms with Crippen LogP contribution in [0.5, 0.6) is 0 Å². The summed E-state index contributed by atoms with van der Waals surface area (Å²) in [5, 5.41) is 0. The molecule has 0 amide bonds. The predicted molar refractivity (Wildman–Crippen MR) is 125 cm³/mol. The van der Waals surface area contributed by atoms with E-state index in [2.05, 4.69) is 129 Å². The van der Waals surface area contributed by atoms with E-state index in [1.807, 2.05) is 0 Å². The lowest BCUT2D eigenvalue weighted by Gasteiger charge is -2.24. The van der Waals surface area contributed by atoms with Crippen LogP contribution in [0.3, 0.4) is 0 Å². The van der Waals surface area contributed by atoms with Gasteiger partial charge in [0, 0.05) is 12.3 Å². The van der Waals surface area contributed by atoms with Crippen LogP contribution in [0, 0.1) is 6.92 Å². The molecule has 2 aromatic carbocycles. The Morgan fingerprint density at radius 1 is 0.767 bits per heavy atom. The van der Waals surface area contributed by atoms with Gasteiger partial charge in [0.25, 0.3) is 0 Å². The molecule has 0 saturated carbocycles. The van der Waals surface area contributed by atoms with E-state index in [-0.39, 0.29) is 0 Å². The fraction of sp³-hybridized carbons (Fsp3) is 0.296. The van der Waals surface area contributed by atoms with Gasteiger partial charge in [-0.2, -0.15) is 0 Å². The molecule has 0 N–H and O–H groups in total. The van der Waals surface area contributed by atoms with Crippen molar-refractivity contribution in [3.63, 3.8) is 0 Å². The van der Waals surface area contributed by atoms with Gasteiger partial charge in [-0.1, -0.05) is 58.0 Å². The van der Waals surface area contributed by atoms with E-state index in [1.165, 1.54) is 39.3 Å². The SMILES string of the molecule is Cc1ccn(-c2c(C(C)C)cc(-c3ccccc3)cc2C(C)C)c1-n1ccc[n+]1C. The standard InChI is InChI=1S/C27H32N3/c1-19(2)24-17-23(22-11-8-7-9-12-22)18-25(20(3)4)26(24)29-16-13-21(5)27(29)30-15-10-14-28(30)6/h7-20H,1-6H3/q+1. The van der Waals surface area contributed by atoms with Crippen LogP contribution in [-0.4, -0.2) is 9.25 Å². The zero-order valence-corrected chi connectivity index (χ0v) is 18.9. The molecule has 0 aliphatic heterocycles. The second-order valence-corrected chi connectivity index (χ2v) is 8.78. The Morgan fingerprint density at radius 2 is 1.40 bits per heavy atom. The third kappa shape index (κ3) is 3.49. The first-order valence-corrected chi connectivity index (χ1v) is 10.8. The summed E-state index contributed by atoms with van der Waals surface area (Å²) in [5.41, 5.74) is 7.91. The average Bonchev–Trinajstić information content (AvgIpc) is 3.32. The number of aromatic nitrogens is 3. The number of hydrogen-bond acceptors (Lipinski definition) is 0. The molecule has 2 heterocycles. The van der Waals surface area contributed by atoms with Gasteiger partial charge in [-0.3, -0.25) is 4.57 Å². The Balaban J connectivity index is 2.03. The highest BCUT2D eigenvalue weighted by atomic mass is 15.4. The molecule has 3 heteroatoms. The van der Waals surface area contributed by atoms with Crippen LogP contribution in [0.25, 0.3) is 22.6 Å². The van der Waals surface area contributed by atoms with Crippen LogP contribution < -0.4 is 4.68 Å². The lowest BCUT2D eigenvalue weighted by molar-refractivity contribution is -0.744. The molecule has 3 nitrogen and oxygen atoms in total. The Labute approximate surface area is 180 Å². The first-order valence-electron chi connectivity index (χ1n) is 10.8. The second-order valence-electron chi connectivity index (χ2n) is 8.78. The van der Waals surface area contributed by atoms with Gasteiger partial charge < -0.3 is 0 Å². The van der Waals surface area contributed by atoms with Gasteiger partial charge in [0.2, 0.25) is 0 Å². The van der Waals surface area contributed by atoms with Crippen LogP contribution in [-0.2, 0) is 7.05 Å². The Morgan fingerprint density at radius 3 is 1.93 bits per heavy atom. The molecule has 0 fully saturated rings. The van der Waals surface area contributed by atoms with Crippen molar-refractivity contribution in [1.29, 1.82) is 0 Å². The number of benzene rings is 2. The minimum absolute atomic E-state index is 0.412. The maximum Gasteiger partial charge on any atom is 0.195 e. The quantitative estimate of drug-likeness (QED) is 0.349. The molecule has 0 atom stereocenters. The van der Waals surface area contributed by atoms with E-state index >= 15 is 0 Å². The Bertz CT molecular complexity index is 1130. The second kappa shape index (κ2) is 7.98. The molecule has 0 radical (unpaired) electrons. The van der Waals surface area contributed by atoms with Gasteiger partial charge >= 0.3 is 0 Å². The molecule has 0 unspecified atom stereocenters. The summed E-state index contributed by atoms with van der Waals surface area (Å²) in [4.78, 5) is 0. The highest BCUT2D eigenvalue weighted by Gasteiger charge is 2.23. The molecular formula is C27H32N3+. The van der Waals surface area contributed by atoms with Crippen molar-refractivity contribution in [2.24, 2.45) is 7.05 Å². The molecule has 154 valence electrons. The summed E-state index contributed by atoms with van der Waals surface area (Å²) in [7, 11) is 2.09. The highest BCUT2D eigenvalue weighted by Crippen LogP contribution is 2.37. The van der Waals surface area contributed by atoms with E-state index in [4.69, 9.17) is 0 Å². The van der Waals surface area contributed by atoms with E-state index in [1.54, 1.807) is 0 Å². The van der Waals surface area contributed by atoms with Crippen molar-refractivity contribution in [1.82, 2.24) is 9.25 Å². The fourth-order valence-electron chi connectivity index (χ4n) is 4.27. The van der Waals surface area contributed by atoms with Gasteiger partial charge in [0.15, 0.2) is 19.1 Å². The third-order valence-corrected chi connectivity index (χ3v) is 5.90. The molecule has 2 aromatic heterocycles. The molecule has 4 rings (SSSR count). The van der Waals surface area contributed by atoms with Crippen molar-refractivity contribution in [3.8, 4) is 22.6 Å². The van der Waals surface area contributed by atoms with E-state index < -0.39 is 0 Å². The number of nitrogens with zero attached hydrogens (tertiary/aromatic N) is 3. The van der Waals surface area contributed by atoms with Gasteiger partial charge in [-0.05, 0) is 64.8 Å². The molecule has 0 aliphatic rings. The number of aryl methyl sites for hydroxylation is 2. The van der Waals surface area contributed by atoms with Crippen LogP contribution in [0.4, 0.5) is 0 Å². The van der Waals surface area contributed by atoms with Crippen molar-refractivity contribution in [2.45, 2.75) is 46.5 Å². The van der Waals surface area contributed by atoms with Gasteiger partial charge in [0.1, 0.15) is 0 Å². The first-order chi connectivity index (χ1) is 14.4. The van der Waals surface area contributed by atoms with Crippen molar-refractivity contribution in [3.05, 3.63) is 89.9 Å². The maximum atomic E-state index is 2.38. The third-order valence-electron chi connectivity index (χ3n) is 5.90. The first kappa shape index (κ1) is 20.2. The lowest BCUT2D eigenvalue weighted by Crippen LogP contribution is -2.38. The largest absolute Gasteiger partial charge is 0.298 e. The highest BCUT2D eigenvalue weighted by molar-refractivity contribution is 5.70. The van der Waals surface area contributed by atoms with Crippen LogP contribution in [0.2, 0.25) is 0 Å². The predicted octanol–water partition coefficient (Wildman–Crippen LogP) is 6.31. The van der Waals surface area contributed by atoms with Gasteiger partial charge in [0.05, 0.1) is 11.9 Å². The zero-order chi connectivity index (χ0) is 21.4.